The highest BCUT2D eigenvalue weighted by Crippen LogP contribution is 2.28. The first-order valence-corrected chi connectivity index (χ1v) is 6.26. The molecule has 0 fully saturated rings. The van der Waals surface area contributed by atoms with Gasteiger partial charge in [0.05, 0.1) is 4.92 Å². The predicted molar refractivity (Wildman–Crippen MR) is 82.2 cm³/mol. The van der Waals surface area contributed by atoms with E-state index >= 15 is 0 Å². The van der Waals surface area contributed by atoms with Crippen molar-refractivity contribution in [2.24, 2.45) is 0 Å². The number of nitro groups is 1. The van der Waals surface area contributed by atoms with Crippen LogP contribution in [0.15, 0.2) is 36.4 Å². The number of hydrogen-bond donors (Lipinski definition) is 0. The molecular formula is C15H15N3O4. The van der Waals surface area contributed by atoms with Gasteiger partial charge in [-0.2, -0.15) is 5.26 Å². The average molecular weight is 301 g/mol. The normalized spacial score (nSPS) is 10.5. The van der Waals surface area contributed by atoms with Crippen molar-refractivity contribution in [2.45, 2.75) is 0 Å². The van der Waals surface area contributed by atoms with Gasteiger partial charge in [0.1, 0.15) is 23.9 Å². The third-order valence-electron chi connectivity index (χ3n) is 2.66. The summed E-state index contributed by atoms with van der Waals surface area (Å²) in [6, 6.07) is 6.15. The van der Waals surface area contributed by atoms with E-state index in [1.54, 1.807) is 37.2 Å². The summed E-state index contributed by atoms with van der Waals surface area (Å²) in [5.41, 5.74) is 0.434. The third-order valence-corrected chi connectivity index (χ3v) is 2.66. The van der Waals surface area contributed by atoms with Gasteiger partial charge in [-0.25, -0.2) is 4.79 Å². The lowest BCUT2D eigenvalue weighted by Crippen LogP contribution is -2.11. The Kier molecular flexibility index (Phi) is 5.84. The van der Waals surface area contributed by atoms with Crippen LogP contribution in [-0.2, 0) is 9.53 Å². The molecule has 0 atom stereocenters. The molecule has 0 aliphatic carbocycles. The Bertz CT molecular complexity index is 672. The van der Waals surface area contributed by atoms with Crippen LogP contribution < -0.4 is 4.90 Å². The van der Waals surface area contributed by atoms with Crippen LogP contribution >= 0.6 is 0 Å². The van der Waals surface area contributed by atoms with Gasteiger partial charge in [-0.05, 0) is 17.7 Å². The van der Waals surface area contributed by atoms with Crippen molar-refractivity contribution in [1.29, 1.82) is 5.26 Å². The van der Waals surface area contributed by atoms with Crippen LogP contribution in [0.4, 0.5) is 11.4 Å². The number of carbonyl (C=O) groups is 1. The molecule has 0 aliphatic rings. The minimum atomic E-state index is -0.804. The first-order chi connectivity index (χ1) is 10.4. The van der Waals surface area contributed by atoms with Crippen molar-refractivity contribution >= 4 is 23.4 Å². The number of nitro benzene ring substituents is 1. The topological polar surface area (TPSA) is 96.5 Å². The minimum Gasteiger partial charge on any atom is -0.457 e. The van der Waals surface area contributed by atoms with E-state index in [9.17, 15) is 14.9 Å². The van der Waals surface area contributed by atoms with E-state index in [0.29, 0.717) is 11.3 Å². The zero-order valence-electron chi connectivity index (χ0n) is 12.3. The smallest absolute Gasteiger partial charge is 0.349 e. The van der Waals surface area contributed by atoms with Crippen molar-refractivity contribution in [3.8, 4) is 6.07 Å². The van der Waals surface area contributed by atoms with Gasteiger partial charge in [0.15, 0.2) is 0 Å². The van der Waals surface area contributed by atoms with Gasteiger partial charge in [-0.3, -0.25) is 10.1 Å². The molecule has 0 saturated carbocycles. The summed E-state index contributed by atoms with van der Waals surface area (Å²) in [7, 11) is 3.37. The highest BCUT2D eigenvalue weighted by Gasteiger charge is 2.17. The number of esters is 1. The Hall–Kier alpha value is -3.14. The lowest BCUT2D eigenvalue weighted by atomic mass is 10.1. The second kappa shape index (κ2) is 7.59. The van der Waals surface area contributed by atoms with E-state index < -0.39 is 10.9 Å². The Morgan fingerprint density at radius 3 is 2.73 bits per heavy atom. The first kappa shape index (κ1) is 16.9. The highest BCUT2D eigenvalue weighted by molar-refractivity contribution is 5.98. The Morgan fingerprint density at radius 1 is 1.55 bits per heavy atom. The zero-order chi connectivity index (χ0) is 16.7. The SMILES string of the molecule is C=CCOC(=O)/C(C#N)=C/c1ccc(N(C)C)c([N+](=O)[O-])c1. The maximum Gasteiger partial charge on any atom is 0.349 e. The maximum atomic E-state index is 11.6. The van der Waals surface area contributed by atoms with Crippen LogP contribution in [0.1, 0.15) is 5.56 Å². The molecule has 0 aliphatic heterocycles. The van der Waals surface area contributed by atoms with Gasteiger partial charge in [0.25, 0.3) is 5.69 Å². The van der Waals surface area contributed by atoms with Crippen LogP contribution in [0.3, 0.4) is 0 Å². The fourth-order valence-corrected chi connectivity index (χ4v) is 1.67. The molecule has 0 radical (unpaired) electrons. The fraction of sp³-hybridized carbons (Fsp3) is 0.200. The molecule has 0 spiro atoms. The van der Waals surface area contributed by atoms with Gasteiger partial charge in [0, 0.05) is 20.2 Å². The van der Waals surface area contributed by atoms with Crippen LogP contribution in [0, 0.1) is 21.4 Å². The van der Waals surface area contributed by atoms with Crippen LogP contribution in [0.5, 0.6) is 0 Å². The van der Waals surface area contributed by atoms with Crippen LogP contribution in [0.25, 0.3) is 6.08 Å². The number of rotatable bonds is 6. The molecule has 1 aromatic rings. The molecule has 0 N–H and O–H groups in total. The van der Waals surface area contributed by atoms with Gasteiger partial charge in [0.2, 0.25) is 0 Å². The van der Waals surface area contributed by atoms with Crippen molar-refractivity contribution < 1.29 is 14.5 Å². The number of ether oxygens (including phenoxy) is 1. The first-order valence-electron chi connectivity index (χ1n) is 6.26. The predicted octanol–water partition coefficient (Wildman–Crippen LogP) is 2.30. The van der Waals surface area contributed by atoms with Crippen molar-refractivity contribution in [3.05, 3.63) is 52.1 Å². The van der Waals surface area contributed by atoms with E-state index in [4.69, 9.17) is 10.00 Å². The molecule has 0 heterocycles. The number of benzene rings is 1. The molecule has 0 amide bonds. The van der Waals surface area contributed by atoms with E-state index in [0.717, 1.165) is 0 Å². The molecule has 7 heteroatoms. The average Bonchev–Trinajstić information content (AvgIpc) is 2.49. The summed E-state index contributed by atoms with van der Waals surface area (Å²) in [5, 5.41) is 20.1. The Morgan fingerprint density at radius 2 is 2.23 bits per heavy atom. The number of anilines is 1. The summed E-state index contributed by atoms with van der Waals surface area (Å²) in [6.07, 6.45) is 2.63. The molecule has 114 valence electrons. The lowest BCUT2D eigenvalue weighted by molar-refractivity contribution is -0.384. The monoisotopic (exact) mass is 301 g/mol. The number of nitriles is 1. The van der Waals surface area contributed by atoms with Crippen LogP contribution in [-0.4, -0.2) is 31.6 Å². The molecule has 1 rings (SSSR count). The van der Waals surface area contributed by atoms with E-state index in [2.05, 4.69) is 6.58 Å². The Balaban J connectivity index is 3.21. The number of nitrogens with zero attached hydrogens (tertiary/aromatic N) is 3. The van der Waals surface area contributed by atoms with Crippen molar-refractivity contribution in [2.75, 3.05) is 25.6 Å². The molecule has 0 saturated heterocycles. The zero-order valence-corrected chi connectivity index (χ0v) is 12.3. The van der Waals surface area contributed by atoms with Gasteiger partial charge < -0.3 is 9.64 Å². The Labute approximate surface area is 127 Å². The number of carbonyl (C=O) groups excluding carboxylic acids is 1. The second-order valence-corrected chi connectivity index (χ2v) is 4.46. The summed E-state index contributed by atoms with van der Waals surface area (Å²) < 4.78 is 4.77. The largest absolute Gasteiger partial charge is 0.457 e. The lowest BCUT2D eigenvalue weighted by Gasteiger charge is -2.12. The summed E-state index contributed by atoms with van der Waals surface area (Å²) in [6.45, 7) is 3.38. The van der Waals surface area contributed by atoms with Gasteiger partial charge >= 0.3 is 5.97 Å². The molecule has 1 aromatic carbocycles. The molecule has 7 nitrogen and oxygen atoms in total. The standard InChI is InChI=1S/C15H15N3O4/c1-4-7-22-15(19)12(10-16)8-11-5-6-13(17(2)3)14(9-11)18(20)21/h4-6,8-9H,1,7H2,2-3H3/b12-8+. The molecular weight excluding hydrogens is 286 g/mol. The summed E-state index contributed by atoms with van der Waals surface area (Å²) >= 11 is 0. The van der Waals surface area contributed by atoms with Crippen molar-refractivity contribution in [1.82, 2.24) is 0 Å². The molecule has 0 aromatic heterocycles. The molecule has 22 heavy (non-hydrogen) atoms. The second-order valence-electron chi connectivity index (χ2n) is 4.46. The van der Waals surface area contributed by atoms with Crippen molar-refractivity contribution in [3.63, 3.8) is 0 Å². The third kappa shape index (κ3) is 4.18. The van der Waals surface area contributed by atoms with E-state index in [1.807, 2.05) is 0 Å². The van der Waals surface area contributed by atoms with Gasteiger partial charge in [-0.1, -0.05) is 18.7 Å². The maximum absolute atomic E-state index is 11.6. The van der Waals surface area contributed by atoms with E-state index in [1.165, 1.54) is 18.2 Å². The minimum absolute atomic E-state index is 0.0163. The summed E-state index contributed by atoms with van der Waals surface area (Å²) in [4.78, 5) is 23.8. The number of hydrogen-bond acceptors (Lipinski definition) is 6. The summed E-state index contributed by atoms with van der Waals surface area (Å²) in [5.74, 6) is -0.804. The quantitative estimate of drug-likeness (QED) is 0.200. The molecule has 0 unspecified atom stereocenters. The highest BCUT2D eigenvalue weighted by atomic mass is 16.6. The van der Waals surface area contributed by atoms with Crippen LogP contribution in [0.2, 0.25) is 0 Å². The molecule has 0 bridgehead atoms. The van der Waals surface area contributed by atoms with Gasteiger partial charge in [-0.15, -0.1) is 0 Å². The van der Waals surface area contributed by atoms with E-state index in [-0.39, 0.29) is 17.9 Å². The fourth-order valence-electron chi connectivity index (χ4n) is 1.67.